The van der Waals surface area contributed by atoms with Gasteiger partial charge in [0.1, 0.15) is 0 Å². The molecule has 0 fully saturated rings. The topological polar surface area (TPSA) is 64.1 Å². The normalized spacial score (nSPS) is 12.1. The molecule has 0 aliphatic carbocycles. The molecule has 1 unspecified atom stereocenters. The molecular weight excluding hydrogens is 639 g/mol. The zero-order valence-electron chi connectivity index (χ0n) is 30.3. The first-order chi connectivity index (χ1) is 24.0. The van der Waals surface area contributed by atoms with Crippen LogP contribution in [0.2, 0.25) is 0 Å². The summed E-state index contributed by atoms with van der Waals surface area (Å²) in [5.74, 6) is 0.0391. The molecule has 1 atom stereocenters. The molecule has 5 aromatic rings. The van der Waals surface area contributed by atoms with Gasteiger partial charge in [-0.25, -0.2) is 0 Å². The molecule has 0 spiro atoms. The summed E-state index contributed by atoms with van der Waals surface area (Å²) in [6.07, 6.45) is 0. The standard InChI is InChI=1S/C43H51N3O3S/c1-7-44(8-2)40-25-26-42(33(6)28-40)43(36-17-21-38(22-18-36)45(9-3)30-34-14-11-13-32(5)27-34)37-19-23-39(24-20-37)46(10-4)31-35-15-12-16-41(29-35)50(47,48)49/h11-29,43H,7-10,30-31H2,1-6H3,(H,47,48,49). The fraction of sp³-hybridized carbons (Fsp3) is 0.302. The molecule has 0 aliphatic heterocycles. The molecule has 0 saturated heterocycles. The summed E-state index contributed by atoms with van der Waals surface area (Å²) in [5, 5.41) is 0. The Morgan fingerprint density at radius 3 is 1.50 bits per heavy atom. The molecule has 0 aliphatic rings. The first kappa shape index (κ1) is 36.7. The van der Waals surface area contributed by atoms with E-state index < -0.39 is 10.1 Å². The van der Waals surface area contributed by atoms with Crippen LogP contribution in [0.4, 0.5) is 17.1 Å². The van der Waals surface area contributed by atoms with Crippen LogP contribution < -0.4 is 14.7 Å². The molecule has 6 nitrogen and oxygen atoms in total. The predicted octanol–water partition coefficient (Wildman–Crippen LogP) is 9.63. The highest BCUT2D eigenvalue weighted by Gasteiger charge is 2.21. The maximum Gasteiger partial charge on any atom is 0.294 e. The number of anilines is 3. The van der Waals surface area contributed by atoms with Gasteiger partial charge in [-0.1, -0.05) is 72.3 Å². The SMILES string of the molecule is CCN(CC)c1ccc(C(c2ccc(N(CC)Cc3cccc(C)c3)cc2)c2ccc(N(CC)Cc3cccc(S(=O)(=O)O)c3)cc2)c(C)c1. The second kappa shape index (κ2) is 16.4. The Labute approximate surface area is 299 Å². The van der Waals surface area contributed by atoms with Crippen LogP contribution >= 0.6 is 0 Å². The van der Waals surface area contributed by atoms with E-state index in [2.05, 4.69) is 147 Å². The van der Waals surface area contributed by atoms with Crippen molar-refractivity contribution in [3.63, 3.8) is 0 Å². The summed E-state index contributed by atoms with van der Waals surface area (Å²) in [6.45, 7) is 18.0. The third-order valence-electron chi connectivity index (χ3n) is 9.67. The lowest BCUT2D eigenvalue weighted by molar-refractivity contribution is 0.483. The first-order valence-electron chi connectivity index (χ1n) is 17.7. The molecule has 50 heavy (non-hydrogen) atoms. The van der Waals surface area contributed by atoms with Crippen LogP contribution in [-0.4, -0.2) is 39.1 Å². The van der Waals surface area contributed by atoms with Crippen LogP contribution in [0.25, 0.3) is 0 Å². The van der Waals surface area contributed by atoms with Gasteiger partial charge in [-0.15, -0.1) is 0 Å². The van der Waals surface area contributed by atoms with Crippen molar-refractivity contribution in [1.29, 1.82) is 0 Å². The molecule has 262 valence electrons. The van der Waals surface area contributed by atoms with Crippen LogP contribution in [0.5, 0.6) is 0 Å². The lowest BCUT2D eigenvalue weighted by Crippen LogP contribution is -2.22. The lowest BCUT2D eigenvalue weighted by atomic mass is 9.82. The van der Waals surface area contributed by atoms with Gasteiger partial charge in [0.15, 0.2) is 0 Å². The van der Waals surface area contributed by atoms with E-state index in [1.807, 2.05) is 6.07 Å². The molecule has 0 saturated carbocycles. The van der Waals surface area contributed by atoms with E-state index in [0.29, 0.717) is 6.54 Å². The second-order valence-electron chi connectivity index (χ2n) is 13.0. The number of aryl methyl sites for hydroxylation is 2. The molecule has 1 N–H and O–H groups in total. The molecular formula is C43H51N3O3S. The molecule has 5 aromatic carbocycles. The number of hydrogen-bond donors (Lipinski definition) is 1. The van der Waals surface area contributed by atoms with Crippen LogP contribution in [-0.2, 0) is 23.2 Å². The summed E-state index contributed by atoms with van der Waals surface area (Å²) < 4.78 is 33.0. The molecule has 0 heterocycles. The molecule has 0 amide bonds. The van der Waals surface area contributed by atoms with E-state index in [1.54, 1.807) is 6.07 Å². The smallest absolute Gasteiger partial charge is 0.294 e. The average molecular weight is 690 g/mol. The minimum atomic E-state index is -4.26. The van der Waals surface area contributed by atoms with Crippen LogP contribution in [0.3, 0.4) is 0 Å². The molecule has 0 radical (unpaired) electrons. The maximum absolute atomic E-state index is 11.7. The Hall–Kier alpha value is -4.59. The van der Waals surface area contributed by atoms with Gasteiger partial charge in [-0.05, 0) is 123 Å². The van der Waals surface area contributed by atoms with Gasteiger partial charge >= 0.3 is 0 Å². The zero-order chi connectivity index (χ0) is 35.8. The Kier molecular flexibility index (Phi) is 12.0. The Morgan fingerprint density at radius 1 is 0.560 bits per heavy atom. The van der Waals surface area contributed by atoms with Crippen molar-refractivity contribution in [1.82, 2.24) is 0 Å². The van der Waals surface area contributed by atoms with Crippen LogP contribution in [0, 0.1) is 13.8 Å². The Bertz CT molecular complexity index is 1970. The molecule has 5 rings (SSSR count). The van der Waals surface area contributed by atoms with Gasteiger partial charge in [-0.2, -0.15) is 8.42 Å². The van der Waals surface area contributed by atoms with Gasteiger partial charge in [-0.3, -0.25) is 4.55 Å². The van der Waals surface area contributed by atoms with Gasteiger partial charge in [0.2, 0.25) is 0 Å². The summed E-state index contributed by atoms with van der Waals surface area (Å²) in [4.78, 5) is 6.91. The fourth-order valence-electron chi connectivity index (χ4n) is 6.90. The third-order valence-corrected chi connectivity index (χ3v) is 10.5. The third kappa shape index (κ3) is 8.76. The minimum Gasteiger partial charge on any atom is -0.372 e. The number of benzene rings is 5. The zero-order valence-corrected chi connectivity index (χ0v) is 31.1. The lowest BCUT2D eigenvalue weighted by Gasteiger charge is -2.27. The van der Waals surface area contributed by atoms with E-state index in [0.717, 1.165) is 44.0 Å². The predicted molar refractivity (Wildman–Crippen MR) is 209 cm³/mol. The first-order valence-corrected chi connectivity index (χ1v) is 19.2. The Balaban J connectivity index is 1.48. The van der Waals surface area contributed by atoms with Gasteiger partial charge < -0.3 is 14.7 Å². The van der Waals surface area contributed by atoms with E-state index >= 15 is 0 Å². The van der Waals surface area contributed by atoms with Crippen molar-refractivity contribution in [3.8, 4) is 0 Å². The number of rotatable bonds is 15. The average Bonchev–Trinajstić information content (AvgIpc) is 3.11. The fourth-order valence-corrected chi connectivity index (χ4v) is 7.45. The largest absolute Gasteiger partial charge is 0.372 e. The van der Waals surface area contributed by atoms with Crippen LogP contribution in [0.1, 0.15) is 72.6 Å². The monoisotopic (exact) mass is 689 g/mol. The van der Waals surface area contributed by atoms with Gasteiger partial charge in [0.05, 0.1) is 4.90 Å². The Morgan fingerprint density at radius 2 is 1.04 bits per heavy atom. The van der Waals surface area contributed by atoms with E-state index in [9.17, 15) is 13.0 Å². The van der Waals surface area contributed by atoms with E-state index in [4.69, 9.17) is 0 Å². The van der Waals surface area contributed by atoms with Crippen molar-refractivity contribution in [3.05, 3.63) is 154 Å². The summed E-state index contributed by atoms with van der Waals surface area (Å²) in [6, 6.07) is 40.0. The number of hydrogen-bond acceptors (Lipinski definition) is 5. The van der Waals surface area contributed by atoms with Crippen molar-refractivity contribution in [2.45, 2.75) is 65.4 Å². The van der Waals surface area contributed by atoms with Crippen LogP contribution in [0.15, 0.2) is 120 Å². The van der Waals surface area contributed by atoms with Crippen molar-refractivity contribution in [2.75, 3.05) is 40.9 Å². The molecule has 7 heteroatoms. The van der Waals surface area contributed by atoms with Gasteiger partial charge in [0, 0.05) is 62.2 Å². The van der Waals surface area contributed by atoms with Crippen molar-refractivity contribution >= 4 is 27.2 Å². The summed E-state index contributed by atoms with van der Waals surface area (Å²) in [7, 11) is -4.26. The summed E-state index contributed by atoms with van der Waals surface area (Å²) in [5.41, 5.74) is 11.9. The highest BCUT2D eigenvalue weighted by atomic mass is 32.2. The van der Waals surface area contributed by atoms with E-state index in [1.165, 1.54) is 56.9 Å². The highest BCUT2D eigenvalue weighted by molar-refractivity contribution is 7.85. The molecule has 0 bridgehead atoms. The van der Waals surface area contributed by atoms with Crippen molar-refractivity contribution in [2.24, 2.45) is 0 Å². The maximum atomic E-state index is 11.7. The summed E-state index contributed by atoms with van der Waals surface area (Å²) >= 11 is 0. The van der Waals surface area contributed by atoms with Gasteiger partial charge in [0.25, 0.3) is 10.1 Å². The number of nitrogens with zero attached hydrogens (tertiary/aromatic N) is 3. The highest BCUT2D eigenvalue weighted by Crippen LogP contribution is 2.37. The van der Waals surface area contributed by atoms with Crippen molar-refractivity contribution < 1.29 is 13.0 Å². The quantitative estimate of drug-likeness (QED) is 0.0873. The van der Waals surface area contributed by atoms with E-state index in [-0.39, 0.29) is 10.8 Å². The second-order valence-corrected chi connectivity index (χ2v) is 14.4. The minimum absolute atomic E-state index is 0.0391. The molecule has 0 aromatic heterocycles.